The van der Waals surface area contributed by atoms with Crippen LogP contribution in [0, 0.1) is 13.8 Å². The Morgan fingerprint density at radius 1 is 1.07 bits per heavy atom. The molecule has 0 bridgehead atoms. The number of hydrogen-bond donors (Lipinski definition) is 1. The molecule has 2 aromatic carbocycles. The number of thioether (sulfide) groups is 1. The highest BCUT2D eigenvalue weighted by Gasteiger charge is 2.14. The van der Waals surface area contributed by atoms with Crippen LogP contribution in [0.25, 0.3) is 0 Å². The molecule has 0 radical (unpaired) electrons. The zero-order valence-electron chi connectivity index (χ0n) is 17.6. The number of nitrogens with zero attached hydrogens (tertiary/aromatic N) is 2. The molecule has 1 N–H and O–H groups in total. The lowest BCUT2D eigenvalue weighted by molar-refractivity contribution is -0.118. The number of aryl methyl sites for hydroxylation is 2. The summed E-state index contributed by atoms with van der Waals surface area (Å²) in [5.41, 5.74) is 4.80. The second kappa shape index (κ2) is 10.3. The maximum atomic E-state index is 12.9. The summed E-state index contributed by atoms with van der Waals surface area (Å²) in [4.78, 5) is 29.7. The van der Waals surface area contributed by atoms with Gasteiger partial charge in [0.1, 0.15) is 0 Å². The van der Waals surface area contributed by atoms with Crippen molar-refractivity contribution in [1.29, 1.82) is 0 Å². The van der Waals surface area contributed by atoms with Crippen LogP contribution in [0.2, 0.25) is 0 Å². The van der Waals surface area contributed by atoms with E-state index in [-0.39, 0.29) is 17.2 Å². The number of benzene rings is 2. The lowest BCUT2D eigenvalue weighted by Gasteiger charge is -2.12. The summed E-state index contributed by atoms with van der Waals surface area (Å²) >= 11 is 1.29. The van der Waals surface area contributed by atoms with Crippen molar-refractivity contribution in [3.63, 3.8) is 0 Å². The van der Waals surface area contributed by atoms with Crippen molar-refractivity contribution in [1.82, 2.24) is 14.9 Å². The third-order valence-electron chi connectivity index (χ3n) is 4.92. The molecule has 6 heteroatoms. The number of nitrogens with one attached hydrogen (secondary N) is 1. The topological polar surface area (TPSA) is 64.0 Å². The Balaban J connectivity index is 1.60. The molecular formula is C24H27N3O2S. The van der Waals surface area contributed by atoms with E-state index >= 15 is 0 Å². The summed E-state index contributed by atoms with van der Waals surface area (Å²) in [5, 5.41) is 3.48. The first-order valence-corrected chi connectivity index (χ1v) is 11.0. The summed E-state index contributed by atoms with van der Waals surface area (Å²) in [6.45, 7) is 4.48. The molecule has 0 aliphatic rings. The maximum Gasteiger partial charge on any atom is 0.257 e. The molecule has 0 saturated carbocycles. The van der Waals surface area contributed by atoms with Crippen LogP contribution in [0.5, 0.6) is 0 Å². The number of carbonyl (C=O) groups excluding carboxylic acids is 1. The van der Waals surface area contributed by atoms with Crippen molar-refractivity contribution < 1.29 is 4.79 Å². The number of amides is 1. The second-order valence-electron chi connectivity index (χ2n) is 7.36. The van der Waals surface area contributed by atoms with Crippen molar-refractivity contribution in [3.8, 4) is 0 Å². The lowest BCUT2D eigenvalue weighted by Crippen LogP contribution is -2.29. The average molecular weight is 422 g/mol. The van der Waals surface area contributed by atoms with Crippen molar-refractivity contribution in [2.24, 2.45) is 7.05 Å². The first-order valence-electron chi connectivity index (χ1n) is 9.99. The Morgan fingerprint density at radius 2 is 1.80 bits per heavy atom. The van der Waals surface area contributed by atoms with Crippen molar-refractivity contribution in [2.75, 3.05) is 12.3 Å². The Bertz CT molecular complexity index is 1080. The molecule has 3 rings (SSSR count). The third kappa shape index (κ3) is 5.83. The van der Waals surface area contributed by atoms with Crippen LogP contribution < -0.4 is 10.9 Å². The third-order valence-corrected chi connectivity index (χ3v) is 5.95. The molecule has 0 atom stereocenters. The summed E-state index contributed by atoms with van der Waals surface area (Å²) < 4.78 is 1.54. The first-order chi connectivity index (χ1) is 14.4. The summed E-state index contributed by atoms with van der Waals surface area (Å²) in [5.74, 6) is 0.165. The predicted octanol–water partition coefficient (Wildman–Crippen LogP) is 3.44. The van der Waals surface area contributed by atoms with Gasteiger partial charge in [0.2, 0.25) is 5.91 Å². The molecule has 5 nitrogen and oxygen atoms in total. The standard InChI is InChI=1S/C24H27N3O2S/c1-17-8-7-11-20(14-17)15-21-18(2)26-24(27(3)23(21)29)30-16-22(28)25-13-12-19-9-5-4-6-10-19/h4-11,14H,12-13,15-16H2,1-3H3,(H,25,28). The minimum Gasteiger partial charge on any atom is -0.355 e. The molecule has 0 fully saturated rings. The van der Waals surface area contributed by atoms with Crippen LogP contribution in [-0.2, 0) is 24.7 Å². The Labute approximate surface area is 181 Å². The maximum absolute atomic E-state index is 12.9. The van der Waals surface area contributed by atoms with Gasteiger partial charge in [-0.25, -0.2) is 4.98 Å². The minimum atomic E-state index is -0.0633. The fourth-order valence-corrected chi connectivity index (χ4v) is 4.10. The van der Waals surface area contributed by atoms with Crippen LogP contribution in [0.15, 0.2) is 64.5 Å². The van der Waals surface area contributed by atoms with E-state index in [4.69, 9.17) is 0 Å². The van der Waals surface area contributed by atoms with E-state index in [1.807, 2.05) is 62.4 Å². The van der Waals surface area contributed by atoms with Crippen LogP contribution in [0.1, 0.15) is 27.9 Å². The quantitative estimate of drug-likeness (QED) is 0.447. The van der Waals surface area contributed by atoms with Gasteiger partial charge in [0.15, 0.2) is 5.16 Å². The van der Waals surface area contributed by atoms with Gasteiger partial charge in [0.05, 0.1) is 5.75 Å². The SMILES string of the molecule is Cc1cccc(Cc2c(C)nc(SCC(=O)NCCc3ccccc3)n(C)c2=O)c1. The van der Waals surface area contributed by atoms with Gasteiger partial charge in [-0.05, 0) is 31.4 Å². The highest BCUT2D eigenvalue weighted by Crippen LogP contribution is 2.17. The van der Waals surface area contributed by atoms with Gasteiger partial charge in [0.25, 0.3) is 5.56 Å². The van der Waals surface area contributed by atoms with E-state index in [1.54, 1.807) is 11.6 Å². The van der Waals surface area contributed by atoms with Gasteiger partial charge < -0.3 is 5.32 Å². The predicted molar refractivity (Wildman–Crippen MR) is 122 cm³/mol. The molecule has 156 valence electrons. The number of carbonyl (C=O) groups is 1. The van der Waals surface area contributed by atoms with E-state index in [1.165, 1.54) is 22.9 Å². The molecule has 30 heavy (non-hydrogen) atoms. The molecule has 0 aliphatic heterocycles. The average Bonchev–Trinajstić information content (AvgIpc) is 2.73. The fraction of sp³-hybridized carbons (Fsp3) is 0.292. The van der Waals surface area contributed by atoms with Gasteiger partial charge in [-0.3, -0.25) is 14.2 Å². The van der Waals surface area contributed by atoms with Crippen molar-refractivity contribution in [3.05, 3.63) is 92.9 Å². The Hall–Kier alpha value is -2.86. The van der Waals surface area contributed by atoms with Gasteiger partial charge in [-0.15, -0.1) is 0 Å². The summed E-state index contributed by atoms with van der Waals surface area (Å²) in [7, 11) is 1.71. The molecule has 0 spiro atoms. The minimum absolute atomic E-state index is 0.0593. The van der Waals surface area contributed by atoms with Crippen molar-refractivity contribution in [2.45, 2.75) is 31.8 Å². The molecule has 1 heterocycles. The van der Waals surface area contributed by atoms with Crippen molar-refractivity contribution >= 4 is 17.7 Å². The van der Waals surface area contributed by atoms with Crippen LogP contribution >= 0.6 is 11.8 Å². The number of aromatic nitrogens is 2. The van der Waals surface area contributed by atoms with Gasteiger partial charge in [0, 0.05) is 31.3 Å². The first kappa shape index (κ1) is 21.8. The van der Waals surface area contributed by atoms with Crippen LogP contribution in [-0.4, -0.2) is 27.8 Å². The lowest BCUT2D eigenvalue weighted by atomic mass is 10.0. The van der Waals surface area contributed by atoms with Crippen LogP contribution in [0.4, 0.5) is 0 Å². The van der Waals surface area contributed by atoms with E-state index in [2.05, 4.69) is 16.4 Å². The van der Waals surface area contributed by atoms with Gasteiger partial charge in [-0.1, -0.05) is 71.9 Å². The monoisotopic (exact) mass is 421 g/mol. The zero-order chi connectivity index (χ0) is 21.5. The Morgan fingerprint density at radius 3 is 2.53 bits per heavy atom. The summed E-state index contributed by atoms with van der Waals surface area (Å²) in [6, 6.07) is 18.2. The summed E-state index contributed by atoms with van der Waals surface area (Å²) in [6.07, 6.45) is 1.35. The smallest absolute Gasteiger partial charge is 0.257 e. The van der Waals surface area contributed by atoms with E-state index < -0.39 is 0 Å². The molecule has 1 aromatic heterocycles. The second-order valence-corrected chi connectivity index (χ2v) is 8.31. The molecule has 1 amide bonds. The Kier molecular flexibility index (Phi) is 7.46. The zero-order valence-corrected chi connectivity index (χ0v) is 18.5. The largest absolute Gasteiger partial charge is 0.355 e. The normalized spacial score (nSPS) is 10.8. The number of rotatable bonds is 8. The van der Waals surface area contributed by atoms with Crippen LogP contribution in [0.3, 0.4) is 0 Å². The highest BCUT2D eigenvalue weighted by atomic mass is 32.2. The van der Waals surface area contributed by atoms with Gasteiger partial charge >= 0.3 is 0 Å². The molecule has 0 aliphatic carbocycles. The molecule has 0 unspecified atom stereocenters. The molecular weight excluding hydrogens is 394 g/mol. The molecule has 3 aromatic rings. The highest BCUT2D eigenvalue weighted by molar-refractivity contribution is 7.99. The van der Waals surface area contributed by atoms with E-state index in [9.17, 15) is 9.59 Å². The fourth-order valence-electron chi connectivity index (χ4n) is 3.26. The van der Waals surface area contributed by atoms with E-state index in [0.29, 0.717) is 29.4 Å². The number of hydrogen-bond acceptors (Lipinski definition) is 4. The van der Waals surface area contributed by atoms with E-state index in [0.717, 1.165) is 12.0 Å². The molecule has 0 saturated heterocycles. The van der Waals surface area contributed by atoms with Gasteiger partial charge in [-0.2, -0.15) is 0 Å².